The van der Waals surface area contributed by atoms with Crippen LogP contribution in [-0.4, -0.2) is 102 Å². The molecule has 0 N–H and O–H groups in total. The minimum Gasteiger partial charge on any atom is -0.492 e. The Labute approximate surface area is 554 Å². The van der Waals surface area contributed by atoms with Crippen molar-refractivity contribution in [3.63, 3.8) is 0 Å². The van der Waals surface area contributed by atoms with Gasteiger partial charge in [-0.2, -0.15) is 0 Å². The molecule has 3 fully saturated rings. The molecule has 0 unspecified atom stereocenters. The van der Waals surface area contributed by atoms with Crippen molar-refractivity contribution in [3.8, 4) is 33.8 Å². The molecule has 0 radical (unpaired) electrons. The van der Waals surface area contributed by atoms with Gasteiger partial charge in [-0.3, -0.25) is 0 Å². The Morgan fingerprint density at radius 2 is 1.04 bits per heavy atom. The van der Waals surface area contributed by atoms with Crippen molar-refractivity contribution >= 4 is 36.2 Å². The Balaban J connectivity index is 0.992. The van der Waals surface area contributed by atoms with Crippen molar-refractivity contribution < 1.29 is 80.5 Å². The van der Waals surface area contributed by atoms with E-state index in [0.29, 0.717) is 55.1 Å². The average molecular weight is 1300 g/mol. The van der Waals surface area contributed by atoms with Crippen molar-refractivity contribution in [1.29, 1.82) is 0 Å². The molecule has 508 valence electrons. The SMILES string of the molecule is C=C(C)C(=O)OCCCc1cc(-c2ccc(C3CCC(CCCCCC)CC3)cc2F)c(CC)cc1OCC1(COC(=O)/C(C)=C/C=C(/C)C(=O)OCCCc2cc(-c3ccc(CCCCC)cc3)ccc2OCC2(COC(=O)C(=C)C)COC(=O)OC2)COC(=O)OC1. The van der Waals surface area contributed by atoms with Crippen LogP contribution in [-0.2, 0) is 82.8 Å². The molecule has 1 saturated carbocycles. The van der Waals surface area contributed by atoms with Crippen LogP contribution in [0.3, 0.4) is 0 Å². The van der Waals surface area contributed by atoms with Gasteiger partial charge in [-0.25, -0.2) is 33.2 Å². The fraction of sp³-hybridized carbons (Fsp3) is 0.506. The number of rotatable bonds is 36. The van der Waals surface area contributed by atoms with Gasteiger partial charge in [0.1, 0.15) is 81.0 Å². The molecule has 4 aromatic rings. The molecule has 3 aliphatic rings. The first kappa shape index (κ1) is 73.2. The zero-order valence-electron chi connectivity index (χ0n) is 56.4. The highest BCUT2D eigenvalue weighted by molar-refractivity contribution is 5.91. The molecule has 16 nitrogen and oxygen atoms in total. The molecule has 2 heterocycles. The summed E-state index contributed by atoms with van der Waals surface area (Å²) >= 11 is 0. The molecular formula is C77H97FO16. The van der Waals surface area contributed by atoms with Gasteiger partial charge in [0.25, 0.3) is 0 Å². The molecule has 0 amide bonds. The first-order valence-corrected chi connectivity index (χ1v) is 33.6. The molecule has 0 atom stereocenters. The Hall–Kier alpha value is -8.21. The molecule has 7 rings (SSSR count). The topological polar surface area (TPSA) is 195 Å². The van der Waals surface area contributed by atoms with E-state index in [-0.39, 0.29) is 94.2 Å². The van der Waals surface area contributed by atoms with Gasteiger partial charge in [0, 0.05) is 27.9 Å². The summed E-state index contributed by atoms with van der Waals surface area (Å²) in [6.07, 6.45) is 18.7. The lowest BCUT2D eigenvalue weighted by Gasteiger charge is -2.35. The van der Waals surface area contributed by atoms with Gasteiger partial charge in [0.15, 0.2) is 0 Å². The Morgan fingerprint density at radius 1 is 0.521 bits per heavy atom. The highest BCUT2D eigenvalue weighted by Gasteiger charge is 2.42. The van der Waals surface area contributed by atoms with Gasteiger partial charge in [-0.05, 0) is 185 Å². The maximum absolute atomic E-state index is 16.5. The number of halogens is 1. The summed E-state index contributed by atoms with van der Waals surface area (Å²) in [5.41, 5.74) is 6.62. The maximum atomic E-state index is 16.5. The van der Waals surface area contributed by atoms with Crippen LogP contribution < -0.4 is 9.47 Å². The van der Waals surface area contributed by atoms with Gasteiger partial charge in [0.2, 0.25) is 0 Å². The van der Waals surface area contributed by atoms with Crippen LogP contribution in [0.15, 0.2) is 120 Å². The van der Waals surface area contributed by atoms with E-state index in [2.05, 4.69) is 57.3 Å². The largest absolute Gasteiger partial charge is 0.508 e. The van der Waals surface area contributed by atoms with Gasteiger partial charge in [-0.15, -0.1) is 0 Å². The number of ether oxygens (including phenoxy) is 10. The van der Waals surface area contributed by atoms with Crippen molar-refractivity contribution in [2.24, 2.45) is 16.7 Å². The highest BCUT2D eigenvalue weighted by atomic mass is 19.1. The second kappa shape index (κ2) is 36.5. The number of hydrogen-bond donors (Lipinski definition) is 0. The van der Waals surface area contributed by atoms with Crippen molar-refractivity contribution in [2.45, 2.75) is 170 Å². The first-order valence-electron chi connectivity index (χ1n) is 33.6. The van der Waals surface area contributed by atoms with Crippen LogP contribution in [0, 0.1) is 22.6 Å². The lowest BCUT2D eigenvalue weighted by molar-refractivity contribution is -0.152. The molecule has 2 aliphatic heterocycles. The monoisotopic (exact) mass is 1300 g/mol. The van der Waals surface area contributed by atoms with Crippen molar-refractivity contribution in [2.75, 3.05) is 66.1 Å². The van der Waals surface area contributed by atoms with Crippen LogP contribution in [0.5, 0.6) is 11.5 Å². The summed E-state index contributed by atoms with van der Waals surface area (Å²) in [4.78, 5) is 75.9. The van der Waals surface area contributed by atoms with E-state index in [4.69, 9.17) is 47.4 Å². The molecule has 2 saturated heterocycles. The van der Waals surface area contributed by atoms with Gasteiger partial charge in [-0.1, -0.05) is 133 Å². The van der Waals surface area contributed by atoms with Crippen LogP contribution in [0.1, 0.15) is 172 Å². The van der Waals surface area contributed by atoms with Gasteiger partial charge < -0.3 is 47.4 Å². The Morgan fingerprint density at radius 3 is 1.61 bits per heavy atom. The molecule has 0 spiro atoms. The Bertz CT molecular complexity index is 3310. The number of cyclic esters (lactones) is 4. The smallest absolute Gasteiger partial charge is 0.492 e. The third-order valence-corrected chi connectivity index (χ3v) is 17.8. The third kappa shape index (κ3) is 21.9. The lowest BCUT2D eigenvalue weighted by atomic mass is 9.76. The zero-order chi connectivity index (χ0) is 67.6. The predicted octanol–water partition coefficient (Wildman–Crippen LogP) is 16.5. The molecule has 17 heteroatoms. The van der Waals surface area contributed by atoms with Crippen LogP contribution in [0.2, 0.25) is 0 Å². The fourth-order valence-corrected chi connectivity index (χ4v) is 11.8. The lowest BCUT2D eigenvalue weighted by Crippen LogP contribution is -2.47. The van der Waals surface area contributed by atoms with E-state index in [1.807, 2.05) is 43.3 Å². The zero-order valence-corrected chi connectivity index (χ0v) is 56.4. The average Bonchev–Trinajstić information content (AvgIpc) is 1.52. The molecular weight excluding hydrogens is 1200 g/mol. The second-order valence-electron chi connectivity index (χ2n) is 25.9. The quantitative estimate of drug-likeness (QED) is 0.0137. The Kier molecular flexibility index (Phi) is 28.4. The maximum Gasteiger partial charge on any atom is 0.508 e. The minimum absolute atomic E-state index is 0.0159. The number of hydrogen-bond acceptors (Lipinski definition) is 16. The second-order valence-corrected chi connectivity index (χ2v) is 25.9. The molecule has 1 aliphatic carbocycles. The summed E-state index contributed by atoms with van der Waals surface area (Å²) in [7, 11) is 0. The summed E-state index contributed by atoms with van der Waals surface area (Å²) in [5.74, 6) is -0.596. The number of benzene rings is 4. The van der Waals surface area contributed by atoms with E-state index in [1.54, 1.807) is 26.8 Å². The van der Waals surface area contributed by atoms with Crippen LogP contribution in [0.25, 0.3) is 22.3 Å². The summed E-state index contributed by atoms with van der Waals surface area (Å²) < 4.78 is 73.3. The van der Waals surface area contributed by atoms with Gasteiger partial charge in [0.05, 0.1) is 13.2 Å². The number of aryl methyl sites for hydroxylation is 4. The highest BCUT2D eigenvalue weighted by Crippen LogP contribution is 2.41. The van der Waals surface area contributed by atoms with E-state index in [0.717, 1.165) is 77.0 Å². The summed E-state index contributed by atoms with van der Waals surface area (Å²) in [6, 6.07) is 23.9. The minimum atomic E-state index is -1.15. The number of carbonyl (C=O) groups is 6. The summed E-state index contributed by atoms with van der Waals surface area (Å²) in [5, 5.41) is 0. The van der Waals surface area contributed by atoms with E-state index >= 15 is 4.39 Å². The molecule has 0 aromatic heterocycles. The van der Waals surface area contributed by atoms with Crippen LogP contribution in [0.4, 0.5) is 14.0 Å². The third-order valence-electron chi connectivity index (χ3n) is 17.8. The van der Waals surface area contributed by atoms with Gasteiger partial charge >= 0.3 is 36.2 Å². The van der Waals surface area contributed by atoms with E-state index in [9.17, 15) is 28.8 Å². The van der Waals surface area contributed by atoms with Crippen molar-refractivity contribution in [1.82, 2.24) is 0 Å². The number of carbonyl (C=O) groups excluding carboxylic acids is 6. The molecule has 0 bridgehead atoms. The first-order chi connectivity index (χ1) is 45.2. The number of allylic oxidation sites excluding steroid dienone is 2. The van der Waals surface area contributed by atoms with Crippen molar-refractivity contribution in [3.05, 3.63) is 154 Å². The van der Waals surface area contributed by atoms with E-state index < -0.39 is 47.0 Å². The normalized spacial score (nSPS) is 16.9. The van der Waals surface area contributed by atoms with Crippen LogP contribution >= 0.6 is 0 Å². The molecule has 4 aromatic carbocycles. The number of esters is 4. The standard InChI is InChI=1S/C77H97FO16/c1-10-13-15-17-21-57-28-32-60(33-29-57)62-34-36-65(67(78)42-62)66-41-64(23-19-38-85-70(79)52(4)5)69(43-58(66)12-3)88-45-77(50-93-75(84)94-51-77)47-90-73(82)55(9)25-24-54(8)72(81)86-39-18-22-63-40-61(59-30-26-56(27-31-59)20-16-14-11-2)35-37-68(63)87-44-76(46-89-71(80)53(6)7)48-91-74(83)92-49-76/h24-27,30-31,34-37,40-43,57,60H,4,6,10-23,28-29,32-33,38-39,44-51H2,1-3,5,7-9H3/b54-24-,55-25+. The predicted molar refractivity (Wildman–Crippen MR) is 358 cm³/mol. The number of unbranched alkanes of at least 4 members (excludes halogenated alkanes) is 5. The fourth-order valence-electron chi connectivity index (χ4n) is 11.8. The van der Waals surface area contributed by atoms with E-state index in [1.165, 1.54) is 76.0 Å². The summed E-state index contributed by atoms with van der Waals surface area (Å²) in [6.45, 7) is 19.0. The molecule has 94 heavy (non-hydrogen) atoms.